The zero-order chi connectivity index (χ0) is 19.4. The second kappa shape index (κ2) is 8.39. The first-order valence-corrected chi connectivity index (χ1v) is 10.4. The van der Waals surface area contributed by atoms with Crippen LogP contribution in [0.3, 0.4) is 0 Å². The van der Waals surface area contributed by atoms with E-state index < -0.39 is 16.0 Å². The molecule has 8 heteroatoms. The van der Waals surface area contributed by atoms with Crippen LogP contribution in [0.5, 0.6) is 5.75 Å². The van der Waals surface area contributed by atoms with Gasteiger partial charge in [0.25, 0.3) is 0 Å². The van der Waals surface area contributed by atoms with Crippen LogP contribution in [0.25, 0.3) is 0 Å². The summed E-state index contributed by atoms with van der Waals surface area (Å²) in [5.41, 5.74) is 1.24. The van der Waals surface area contributed by atoms with Gasteiger partial charge in [0.1, 0.15) is 10.6 Å². The quantitative estimate of drug-likeness (QED) is 0.560. The first-order chi connectivity index (χ1) is 12.9. The maximum absolute atomic E-state index is 12.8. The number of halogens is 1. The highest BCUT2D eigenvalue weighted by molar-refractivity contribution is 7.89. The van der Waals surface area contributed by atoms with E-state index >= 15 is 0 Å². The third-order valence-electron chi connectivity index (χ3n) is 4.30. The first kappa shape index (κ1) is 19.8. The van der Waals surface area contributed by atoms with E-state index in [0.717, 1.165) is 12.0 Å². The van der Waals surface area contributed by atoms with Gasteiger partial charge in [0.2, 0.25) is 10.0 Å². The summed E-state index contributed by atoms with van der Waals surface area (Å²) in [6.45, 7) is 3.18. The lowest BCUT2D eigenvalue weighted by atomic mass is 10.2. The minimum Gasteiger partial charge on any atom is -0.423 e. The van der Waals surface area contributed by atoms with E-state index in [1.165, 1.54) is 22.5 Å². The molecular weight excluding hydrogens is 390 g/mol. The minimum absolute atomic E-state index is 0.0605. The van der Waals surface area contributed by atoms with E-state index in [1.54, 1.807) is 12.1 Å². The molecule has 1 saturated heterocycles. The molecule has 1 heterocycles. The van der Waals surface area contributed by atoms with Crippen molar-refractivity contribution in [1.29, 1.82) is 0 Å². The number of nitrogens with zero attached hydrogens (tertiary/aromatic N) is 1. The third-order valence-corrected chi connectivity index (χ3v) is 6.68. The second-order valence-electron chi connectivity index (χ2n) is 6.05. The van der Waals surface area contributed by atoms with Crippen molar-refractivity contribution in [3.8, 4) is 5.75 Å². The van der Waals surface area contributed by atoms with Gasteiger partial charge in [0.15, 0.2) is 0 Å². The predicted molar refractivity (Wildman–Crippen MR) is 102 cm³/mol. The number of sulfonamides is 1. The number of ether oxygens (including phenoxy) is 2. The summed E-state index contributed by atoms with van der Waals surface area (Å²) in [7, 11) is -3.82. The Hall–Kier alpha value is -1.93. The highest BCUT2D eigenvalue weighted by Gasteiger charge is 2.29. The number of carbonyl (C=O) groups excluding carboxylic acids is 1. The molecule has 2 aromatic carbocycles. The SMILES string of the molecule is CCc1ccc(OC(=O)c2ccc(Cl)c(S(=O)(=O)N3CCOCC3)c2)cc1. The molecule has 1 aliphatic heterocycles. The molecular formula is C19H20ClNO5S. The first-order valence-electron chi connectivity index (χ1n) is 8.60. The molecule has 6 nitrogen and oxygen atoms in total. The van der Waals surface area contributed by atoms with Crippen molar-refractivity contribution in [2.24, 2.45) is 0 Å². The Bertz CT molecular complexity index is 922. The summed E-state index contributed by atoms with van der Waals surface area (Å²) < 4.78 is 37.5. The molecule has 3 rings (SSSR count). The van der Waals surface area contributed by atoms with Crippen LogP contribution in [0.2, 0.25) is 5.02 Å². The number of hydrogen-bond acceptors (Lipinski definition) is 5. The van der Waals surface area contributed by atoms with Gasteiger partial charge in [0.05, 0.1) is 23.8 Å². The molecule has 0 bridgehead atoms. The molecule has 1 fully saturated rings. The zero-order valence-electron chi connectivity index (χ0n) is 14.9. The standard InChI is InChI=1S/C19H20ClNO5S/c1-2-14-3-6-16(7-4-14)26-19(22)15-5-8-17(20)18(13-15)27(23,24)21-9-11-25-12-10-21/h3-8,13H,2,9-12H2,1H3. The minimum atomic E-state index is -3.82. The number of rotatable bonds is 5. The van der Waals surface area contributed by atoms with Crippen LogP contribution in [-0.4, -0.2) is 45.0 Å². The Morgan fingerprint density at radius 3 is 2.44 bits per heavy atom. The molecule has 0 N–H and O–H groups in total. The van der Waals surface area contributed by atoms with Crippen molar-refractivity contribution in [2.45, 2.75) is 18.2 Å². The molecule has 0 aliphatic carbocycles. The fraction of sp³-hybridized carbons (Fsp3) is 0.316. The van der Waals surface area contributed by atoms with Gasteiger partial charge in [0, 0.05) is 13.1 Å². The number of esters is 1. The van der Waals surface area contributed by atoms with Gasteiger partial charge in [-0.3, -0.25) is 0 Å². The summed E-state index contributed by atoms with van der Waals surface area (Å²) in [5.74, 6) is -0.251. The average Bonchev–Trinajstić information content (AvgIpc) is 2.69. The van der Waals surface area contributed by atoms with Crippen molar-refractivity contribution in [3.63, 3.8) is 0 Å². The Morgan fingerprint density at radius 1 is 1.15 bits per heavy atom. The monoisotopic (exact) mass is 409 g/mol. The molecule has 0 unspecified atom stereocenters. The molecule has 2 aromatic rings. The highest BCUT2D eigenvalue weighted by atomic mass is 35.5. The van der Waals surface area contributed by atoms with Crippen LogP contribution in [0, 0.1) is 0 Å². The van der Waals surface area contributed by atoms with Crippen LogP contribution in [0.4, 0.5) is 0 Å². The molecule has 0 atom stereocenters. The van der Waals surface area contributed by atoms with Gasteiger partial charge < -0.3 is 9.47 Å². The fourth-order valence-corrected chi connectivity index (χ4v) is 4.62. The van der Waals surface area contributed by atoms with Crippen molar-refractivity contribution >= 4 is 27.6 Å². The zero-order valence-corrected chi connectivity index (χ0v) is 16.4. The van der Waals surface area contributed by atoms with Gasteiger partial charge >= 0.3 is 5.97 Å². The fourth-order valence-electron chi connectivity index (χ4n) is 2.71. The maximum Gasteiger partial charge on any atom is 0.343 e. The van der Waals surface area contributed by atoms with Crippen LogP contribution in [-0.2, 0) is 21.2 Å². The Kier molecular flexibility index (Phi) is 6.16. The van der Waals surface area contributed by atoms with E-state index in [9.17, 15) is 13.2 Å². The van der Waals surface area contributed by atoms with Crippen molar-refractivity contribution in [2.75, 3.05) is 26.3 Å². The summed E-state index contributed by atoms with van der Waals surface area (Å²) in [6, 6.07) is 11.3. The summed E-state index contributed by atoms with van der Waals surface area (Å²) >= 11 is 6.11. The van der Waals surface area contributed by atoms with Crippen LogP contribution < -0.4 is 4.74 Å². The van der Waals surface area contributed by atoms with Crippen LogP contribution >= 0.6 is 11.6 Å². The highest BCUT2D eigenvalue weighted by Crippen LogP contribution is 2.27. The molecule has 0 spiro atoms. The lowest BCUT2D eigenvalue weighted by Gasteiger charge is -2.26. The molecule has 1 aliphatic rings. The maximum atomic E-state index is 12.8. The van der Waals surface area contributed by atoms with E-state index in [1.807, 2.05) is 19.1 Å². The number of hydrogen-bond donors (Lipinski definition) is 0. The second-order valence-corrected chi connectivity index (χ2v) is 8.36. The number of aryl methyl sites for hydroxylation is 1. The molecule has 0 aromatic heterocycles. The topological polar surface area (TPSA) is 72.9 Å². The van der Waals surface area contributed by atoms with Gasteiger partial charge in [-0.15, -0.1) is 0 Å². The van der Waals surface area contributed by atoms with E-state index in [4.69, 9.17) is 21.1 Å². The van der Waals surface area contributed by atoms with Gasteiger partial charge in [-0.2, -0.15) is 4.31 Å². The molecule has 144 valence electrons. The third kappa shape index (κ3) is 4.50. The number of benzene rings is 2. The van der Waals surface area contributed by atoms with Crippen LogP contribution in [0.1, 0.15) is 22.8 Å². The lowest BCUT2D eigenvalue weighted by Crippen LogP contribution is -2.40. The average molecular weight is 410 g/mol. The summed E-state index contributed by atoms with van der Waals surface area (Å²) in [6.07, 6.45) is 0.883. The normalized spacial score (nSPS) is 15.5. The van der Waals surface area contributed by atoms with Crippen molar-refractivity contribution in [3.05, 3.63) is 58.6 Å². The number of morpholine rings is 1. The Morgan fingerprint density at radius 2 is 1.81 bits per heavy atom. The van der Waals surface area contributed by atoms with Crippen LogP contribution in [0.15, 0.2) is 47.4 Å². The molecule has 0 saturated carbocycles. The molecule has 0 radical (unpaired) electrons. The number of carbonyl (C=O) groups is 1. The Balaban J connectivity index is 1.84. The van der Waals surface area contributed by atoms with E-state index in [0.29, 0.717) is 19.0 Å². The smallest absolute Gasteiger partial charge is 0.343 e. The Labute approximate surface area is 163 Å². The van der Waals surface area contributed by atoms with Gasteiger partial charge in [-0.25, -0.2) is 13.2 Å². The van der Waals surface area contributed by atoms with Crippen molar-refractivity contribution in [1.82, 2.24) is 4.31 Å². The lowest BCUT2D eigenvalue weighted by molar-refractivity contribution is 0.0727. The largest absolute Gasteiger partial charge is 0.423 e. The van der Waals surface area contributed by atoms with Gasteiger partial charge in [-0.1, -0.05) is 30.7 Å². The summed E-state index contributed by atoms with van der Waals surface area (Å²) in [5, 5.41) is 0.0605. The van der Waals surface area contributed by atoms with E-state index in [2.05, 4.69) is 0 Å². The van der Waals surface area contributed by atoms with Crippen molar-refractivity contribution < 1.29 is 22.7 Å². The predicted octanol–water partition coefficient (Wildman–Crippen LogP) is 3.14. The summed E-state index contributed by atoms with van der Waals surface area (Å²) in [4.78, 5) is 12.3. The molecule has 0 amide bonds. The van der Waals surface area contributed by atoms with Gasteiger partial charge in [-0.05, 0) is 42.3 Å². The van der Waals surface area contributed by atoms with E-state index in [-0.39, 0.29) is 28.6 Å². The molecule has 27 heavy (non-hydrogen) atoms.